The van der Waals surface area contributed by atoms with Crippen LogP contribution in [-0.2, 0) is 5.41 Å². The highest BCUT2D eigenvalue weighted by Crippen LogP contribution is 2.45. The lowest BCUT2D eigenvalue weighted by Gasteiger charge is -2.32. The smallest absolute Gasteiger partial charge is 0.393 e. The van der Waals surface area contributed by atoms with Crippen molar-refractivity contribution in [3.63, 3.8) is 0 Å². The summed E-state index contributed by atoms with van der Waals surface area (Å²) >= 11 is 0. The third-order valence-electron chi connectivity index (χ3n) is 5.37. The van der Waals surface area contributed by atoms with Crippen LogP contribution in [0, 0.1) is 5.92 Å². The van der Waals surface area contributed by atoms with Crippen LogP contribution < -0.4 is 14.8 Å². The third-order valence-corrected chi connectivity index (χ3v) is 5.37. The zero-order valence-corrected chi connectivity index (χ0v) is 16.1. The van der Waals surface area contributed by atoms with Gasteiger partial charge in [0.15, 0.2) is 11.5 Å². The van der Waals surface area contributed by atoms with E-state index in [-0.39, 0.29) is 19.8 Å². The molecule has 4 rings (SSSR count). The molecule has 0 fully saturated rings. The predicted octanol–water partition coefficient (Wildman–Crippen LogP) is 5.25. The lowest BCUT2D eigenvalue weighted by molar-refractivity contribution is -0.175. The Morgan fingerprint density at radius 2 is 1.93 bits per heavy atom. The van der Waals surface area contributed by atoms with E-state index in [0.29, 0.717) is 17.2 Å². The van der Waals surface area contributed by atoms with Crippen LogP contribution in [0.5, 0.6) is 11.5 Å². The Labute approximate surface area is 166 Å². The van der Waals surface area contributed by atoms with Gasteiger partial charge in [-0.3, -0.25) is 5.10 Å². The van der Waals surface area contributed by atoms with Crippen LogP contribution >= 0.6 is 0 Å². The van der Waals surface area contributed by atoms with Crippen molar-refractivity contribution >= 4 is 16.6 Å². The minimum Gasteiger partial charge on any atom is -0.454 e. The molecule has 0 spiro atoms. The first-order valence-corrected chi connectivity index (χ1v) is 9.37. The monoisotopic (exact) mass is 405 g/mol. The van der Waals surface area contributed by atoms with Crippen molar-refractivity contribution in [2.24, 2.45) is 5.92 Å². The summed E-state index contributed by atoms with van der Waals surface area (Å²) in [5.41, 5.74) is 1.36. The molecule has 29 heavy (non-hydrogen) atoms. The van der Waals surface area contributed by atoms with Gasteiger partial charge in [0.2, 0.25) is 6.79 Å². The molecule has 8 heteroatoms. The first kappa shape index (κ1) is 19.4. The molecule has 0 saturated heterocycles. The summed E-state index contributed by atoms with van der Waals surface area (Å²) in [5, 5.41) is 10.5. The van der Waals surface area contributed by atoms with Gasteiger partial charge < -0.3 is 14.8 Å². The molecule has 0 bridgehead atoms. The van der Waals surface area contributed by atoms with E-state index in [1.54, 1.807) is 50.4 Å². The molecule has 3 aromatic rings. The summed E-state index contributed by atoms with van der Waals surface area (Å²) in [6.07, 6.45) is -2.83. The highest BCUT2D eigenvalue weighted by molar-refractivity contribution is 5.90. The zero-order valence-electron chi connectivity index (χ0n) is 16.1. The number of anilines is 1. The van der Waals surface area contributed by atoms with Crippen molar-refractivity contribution in [2.45, 2.75) is 31.9 Å². The van der Waals surface area contributed by atoms with Gasteiger partial charge in [0.05, 0.1) is 17.6 Å². The summed E-state index contributed by atoms with van der Waals surface area (Å²) in [6, 6.07) is 10.7. The standard InChI is InChI=1S/C21H22F3N3O2/c1-20(2,15-5-3-8-18-19(15)29-12-28-18)9-13(21(22,23)24)10-25-16-6-4-7-17-14(16)11-26-27-17/h3-8,11,13,25H,9-10,12H2,1-2H3,(H,26,27). The highest BCUT2D eigenvalue weighted by Gasteiger charge is 2.44. The van der Waals surface area contributed by atoms with E-state index in [1.807, 2.05) is 6.07 Å². The van der Waals surface area contributed by atoms with Gasteiger partial charge in [-0.2, -0.15) is 18.3 Å². The summed E-state index contributed by atoms with van der Waals surface area (Å²) < 4.78 is 52.5. The van der Waals surface area contributed by atoms with Gasteiger partial charge in [-0.1, -0.05) is 32.0 Å². The Bertz CT molecular complexity index is 1010. The van der Waals surface area contributed by atoms with E-state index >= 15 is 0 Å². The number of alkyl halides is 3. The molecule has 154 valence electrons. The average molecular weight is 405 g/mol. The molecule has 2 aromatic carbocycles. The summed E-state index contributed by atoms with van der Waals surface area (Å²) in [6.45, 7) is 3.46. The summed E-state index contributed by atoms with van der Waals surface area (Å²) in [4.78, 5) is 0. The molecular formula is C21H22F3N3O2. The number of fused-ring (bicyclic) bond motifs is 2. The van der Waals surface area contributed by atoms with Gasteiger partial charge in [-0.05, 0) is 30.0 Å². The average Bonchev–Trinajstić information content (AvgIpc) is 3.32. The maximum absolute atomic E-state index is 13.9. The molecule has 1 unspecified atom stereocenters. The first-order chi connectivity index (χ1) is 13.8. The number of aromatic amines is 1. The Kier molecular flexibility index (Phi) is 4.80. The van der Waals surface area contributed by atoms with Crippen LogP contribution in [0.25, 0.3) is 10.9 Å². The van der Waals surface area contributed by atoms with Gasteiger partial charge in [0, 0.05) is 23.2 Å². The van der Waals surface area contributed by atoms with Crippen LogP contribution in [0.4, 0.5) is 18.9 Å². The van der Waals surface area contributed by atoms with Crippen LogP contribution in [0.2, 0.25) is 0 Å². The maximum atomic E-state index is 13.9. The Hall–Kier alpha value is -2.90. The van der Waals surface area contributed by atoms with Crippen LogP contribution in [0.15, 0.2) is 42.6 Å². The molecule has 0 radical (unpaired) electrons. The molecule has 2 heterocycles. The number of halogens is 3. The molecule has 1 aliphatic rings. The number of aromatic nitrogens is 2. The number of ether oxygens (including phenoxy) is 2. The minimum absolute atomic E-state index is 0.0847. The van der Waals surface area contributed by atoms with Gasteiger partial charge in [-0.15, -0.1) is 0 Å². The van der Waals surface area contributed by atoms with E-state index in [0.717, 1.165) is 16.5 Å². The van der Waals surface area contributed by atoms with Gasteiger partial charge in [-0.25, -0.2) is 0 Å². The van der Waals surface area contributed by atoms with E-state index < -0.39 is 17.5 Å². The molecule has 5 nitrogen and oxygen atoms in total. The SMILES string of the molecule is CC(C)(CC(CNc1cccc2[nH]ncc12)C(F)(F)F)c1cccc2c1OCO2. The fourth-order valence-electron chi connectivity index (χ4n) is 3.85. The van der Waals surface area contributed by atoms with E-state index in [1.165, 1.54) is 0 Å². The number of nitrogens with zero attached hydrogens (tertiary/aromatic N) is 1. The molecule has 1 atom stereocenters. The van der Waals surface area contributed by atoms with E-state index in [2.05, 4.69) is 15.5 Å². The molecule has 0 saturated carbocycles. The zero-order chi connectivity index (χ0) is 20.6. The van der Waals surface area contributed by atoms with E-state index in [9.17, 15) is 13.2 Å². The maximum Gasteiger partial charge on any atom is 0.393 e. The first-order valence-electron chi connectivity index (χ1n) is 9.37. The normalized spacial score (nSPS) is 14.9. The van der Waals surface area contributed by atoms with Crippen molar-refractivity contribution in [3.8, 4) is 11.5 Å². The lowest BCUT2D eigenvalue weighted by Crippen LogP contribution is -2.35. The predicted molar refractivity (Wildman–Crippen MR) is 104 cm³/mol. The largest absolute Gasteiger partial charge is 0.454 e. The van der Waals surface area contributed by atoms with Crippen LogP contribution in [0.1, 0.15) is 25.8 Å². The Morgan fingerprint density at radius 3 is 2.72 bits per heavy atom. The van der Waals surface area contributed by atoms with Gasteiger partial charge >= 0.3 is 6.18 Å². The lowest BCUT2D eigenvalue weighted by atomic mass is 9.76. The number of hydrogen-bond donors (Lipinski definition) is 2. The number of benzene rings is 2. The number of nitrogens with one attached hydrogen (secondary N) is 2. The van der Waals surface area contributed by atoms with Crippen molar-refractivity contribution in [1.82, 2.24) is 10.2 Å². The second-order valence-electron chi connectivity index (χ2n) is 7.88. The fourth-order valence-corrected chi connectivity index (χ4v) is 3.85. The minimum atomic E-state index is -4.34. The van der Waals surface area contributed by atoms with Crippen LogP contribution in [0.3, 0.4) is 0 Å². The second kappa shape index (κ2) is 7.17. The van der Waals surface area contributed by atoms with Crippen molar-refractivity contribution in [2.75, 3.05) is 18.7 Å². The van der Waals surface area contributed by atoms with Crippen molar-refractivity contribution < 1.29 is 22.6 Å². The molecular weight excluding hydrogens is 383 g/mol. The number of rotatable bonds is 6. The van der Waals surface area contributed by atoms with E-state index in [4.69, 9.17) is 9.47 Å². The number of H-pyrrole nitrogens is 1. The molecule has 2 N–H and O–H groups in total. The molecule has 0 amide bonds. The highest BCUT2D eigenvalue weighted by atomic mass is 19.4. The Balaban J connectivity index is 1.56. The van der Waals surface area contributed by atoms with Crippen molar-refractivity contribution in [1.29, 1.82) is 0 Å². The fraction of sp³-hybridized carbons (Fsp3) is 0.381. The third kappa shape index (κ3) is 3.83. The van der Waals surface area contributed by atoms with Gasteiger partial charge in [0.1, 0.15) is 0 Å². The molecule has 1 aromatic heterocycles. The number of para-hydroxylation sites is 1. The Morgan fingerprint density at radius 1 is 1.14 bits per heavy atom. The van der Waals surface area contributed by atoms with Crippen LogP contribution in [-0.4, -0.2) is 29.7 Å². The second-order valence-corrected chi connectivity index (χ2v) is 7.88. The molecule has 0 aliphatic carbocycles. The van der Waals surface area contributed by atoms with Gasteiger partial charge in [0.25, 0.3) is 0 Å². The summed E-state index contributed by atoms with van der Waals surface area (Å²) in [5.74, 6) is -0.434. The number of hydrogen-bond acceptors (Lipinski definition) is 4. The molecule has 1 aliphatic heterocycles. The topological polar surface area (TPSA) is 59.2 Å². The van der Waals surface area contributed by atoms with Crippen molar-refractivity contribution in [3.05, 3.63) is 48.2 Å². The quantitative estimate of drug-likeness (QED) is 0.588. The summed E-state index contributed by atoms with van der Waals surface area (Å²) in [7, 11) is 0.